The van der Waals surface area contributed by atoms with Gasteiger partial charge in [0.2, 0.25) is 5.43 Å². The van der Waals surface area contributed by atoms with Gasteiger partial charge in [-0.25, -0.2) is 0 Å². The Morgan fingerprint density at radius 3 is 1.27 bits per heavy atom. The van der Waals surface area contributed by atoms with Crippen LogP contribution in [0.4, 0.5) is 34.1 Å². The van der Waals surface area contributed by atoms with E-state index in [0.717, 1.165) is 38.9 Å². The molecule has 2 aliphatic heterocycles. The summed E-state index contributed by atoms with van der Waals surface area (Å²) in [5.74, 6) is 0. The third-order valence-corrected chi connectivity index (χ3v) is 13.3. The molecular formula is C55H41N3O2. The van der Waals surface area contributed by atoms with Gasteiger partial charge in [0.25, 0.3) is 0 Å². The zero-order chi connectivity index (χ0) is 40.5. The smallest absolute Gasteiger partial charge is 0.200 e. The molecule has 0 bridgehead atoms. The Labute approximate surface area is 348 Å². The van der Waals surface area contributed by atoms with E-state index in [1.165, 1.54) is 45.0 Å². The first-order valence-electron chi connectivity index (χ1n) is 20.7. The minimum Gasteiger partial charge on any atom is -0.456 e. The summed E-state index contributed by atoms with van der Waals surface area (Å²) < 4.78 is 8.74. The van der Waals surface area contributed by atoms with Crippen LogP contribution in [0.3, 0.4) is 0 Å². The Bertz CT molecular complexity index is 3230. The molecule has 288 valence electrons. The molecule has 0 amide bonds. The van der Waals surface area contributed by atoms with Crippen LogP contribution in [0.15, 0.2) is 185 Å². The van der Waals surface area contributed by atoms with E-state index in [0.29, 0.717) is 21.9 Å². The largest absolute Gasteiger partial charge is 0.456 e. The highest BCUT2D eigenvalue weighted by Crippen LogP contribution is 2.54. The van der Waals surface area contributed by atoms with Crippen LogP contribution >= 0.6 is 0 Å². The van der Waals surface area contributed by atoms with Crippen LogP contribution in [0.25, 0.3) is 49.4 Å². The summed E-state index contributed by atoms with van der Waals surface area (Å²) in [5, 5.41) is 3.41. The van der Waals surface area contributed by atoms with Gasteiger partial charge in [-0.15, -0.1) is 0 Å². The predicted molar refractivity (Wildman–Crippen MR) is 248 cm³/mol. The number of benzene rings is 8. The van der Waals surface area contributed by atoms with Gasteiger partial charge in [0, 0.05) is 44.7 Å². The van der Waals surface area contributed by atoms with Crippen LogP contribution in [0.2, 0.25) is 0 Å². The van der Waals surface area contributed by atoms with Crippen LogP contribution in [0.5, 0.6) is 0 Å². The number of hydrogen-bond acceptors (Lipinski definition) is 4. The average Bonchev–Trinajstić information content (AvgIpc) is 3.60. The number of nitrogens with zero attached hydrogens (tertiary/aromatic N) is 3. The Kier molecular flexibility index (Phi) is 7.12. The van der Waals surface area contributed by atoms with Crippen molar-refractivity contribution in [3.05, 3.63) is 208 Å². The van der Waals surface area contributed by atoms with Gasteiger partial charge >= 0.3 is 0 Å². The number of rotatable bonds is 3. The molecular weight excluding hydrogens is 735 g/mol. The fourth-order valence-electron chi connectivity index (χ4n) is 10.4. The van der Waals surface area contributed by atoms with Crippen molar-refractivity contribution < 1.29 is 4.42 Å². The van der Waals surface area contributed by atoms with E-state index in [1.807, 2.05) is 42.5 Å². The molecule has 5 heteroatoms. The molecule has 2 aromatic heterocycles. The Morgan fingerprint density at radius 1 is 0.383 bits per heavy atom. The van der Waals surface area contributed by atoms with Gasteiger partial charge in [-0.1, -0.05) is 113 Å². The number of aromatic nitrogens is 1. The molecule has 60 heavy (non-hydrogen) atoms. The highest BCUT2D eigenvalue weighted by molar-refractivity contribution is 6.12. The molecule has 12 rings (SSSR count). The minimum atomic E-state index is -0.162. The summed E-state index contributed by atoms with van der Waals surface area (Å²) in [4.78, 5) is 18.5. The summed E-state index contributed by atoms with van der Waals surface area (Å²) >= 11 is 0. The standard InChI is InChI=1S/C55H41N3O2/c1-54(2)41-16-6-10-20-47(41)57(48-21-11-7-17-42(48)54)34-26-29-45-39(31-34)40-32-35(58-49-22-12-8-18-43(49)55(3,4)44-19-9-13-23-50(44)58)27-30-46(40)56(45)36-25-28-38-52(33-36)60-51-24-14-5-15-37(51)53(38)59/h5-33H,1-4H3. The predicted octanol–water partition coefficient (Wildman–Crippen LogP) is 14.3. The topological polar surface area (TPSA) is 41.6 Å². The Balaban J connectivity index is 1.13. The molecule has 0 radical (unpaired) electrons. The van der Waals surface area contributed by atoms with Crippen molar-refractivity contribution in [1.82, 2.24) is 4.57 Å². The first-order valence-corrected chi connectivity index (χ1v) is 20.7. The van der Waals surface area contributed by atoms with Gasteiger partial charge in [-0.3, -0.25) is 4.79 Å². The number of para-hydroxylation sites is 5. The molecule has 0 fully saturated rings. The molecule has 5 nitrogen and oxygen atoms in total. The van der Waals surface area contributed by atoms with E-state index in [4.69, 9.17) is 4.42 Å². The second-order valence-corrected chi connectivity index (χ2v) is 17.3. The van der Waals surface area contributed by atoms with E-state index < -0.39 is 0 Å². The quantitative estimate of drug-likeness (QED) is 0.168. The highest BCUT2D eigenvalue weighted by atomic mass is 16.3. The van der Waals surface area contributed by atoms with Crippen molar-refractivity contribution in [2.24, 2.45) is 0 Å². The molecule has 0 saturated carbocycles. The molecule has 0 N–H and O–H groups in total. The molecule has 2 aliphatic rings. The summed E-state index contributed by atoms with van der Waals surface area (Å²) in [7, 11) is 0. The van der Waals surface area contributed by atoms with Crippen molar-refractivity contribution in [3.63, 3.8) is 0 Å². The third-order valence-electron chi connectivity index (χ3n) is 13.3. The van der Waals surface area contributed by atoms with E-state index in [1.54, 1.807) is 0 Å². The van der Waals surface area contributed by atoms with Gasteiger partial charge in [0.1, 0.15) is 11.2 Å². The molecule has 0 saturated heterocycles. The van der Waals surface area contributed by atoms with E-state index in [2.05, 4.69) is 176 Å². The van der Waals surface area contributed by atoms with Crippen LogP contribution in [-0.4, -0.2) is 4.57 Å². The highest BCUT2D eigenvalue weighted by Gasteiger charge is 2.38. The van der Waals surface area contributed by atoms with Gasteiger partial charge in [0.15, 0.2) is 0 Å². The summed E-state index contributed by atoms with van der Waals surface area (Å²) in [6, 6.07) is 62.4. The SMILES string of the molecule is CC1(C)c2ccccc2N(c2ccc3c(c2)c2cc(N4c5ccccc5C(C)(C)c5ccccc54)ccc2n3-c2ccc3c(=O)c4ccccc4oc3c2)c2ccccc21. The van der Waals surface area contributed by atoms with Gasteiger partial charge in [-0.2, -0.15) is 0 Å². The number of anilines is 6. The summed E-state index contributed by atoms with van der Waals surface area (Å²) in [5.41, 5.74) is 16.0. The summed E-state index contributed by atoms with van der Waals surface area (Å²) in [6.07, 6.45) is 0. The van der Waals surface area contributed by atoms with Crippen molar-refractivity contribution in [3.8, 4) is 5.69 Å². The van der Waals surface area contributed by atoms with Crippen molar-refractivity contribution in [2.45, 2.75) is 38.5 Å². The van der Waals surface area contributed by atoms with Crippen molar-refractivity contribution in [1.29, 1.82) is 0 Å². The fourth-order valence-corrected chi connectivity index (χ4v) is 10.4. The molecule has 4 heterocycles. The molecule has 0 unspecified atom stereocenters. The lowest BCUT2D eigenvalue weighted by Crippen LogP contribution is -2.30. The van der Waals surface area contributed by atoms with Crippen LogP contribution < -0.4 is 15.2 Å². The average molecular weight is 776 g/mol. The fraction of sp³-hybridized carbons (Fsp3) is 0.109. The zero-order valence-electron chi connectivity index (χ0n) is 33.9. The lowest BCUT2D eigenvalue weighted by molar-refractivity contribution is 0.632. The van der Waals surface area contributed by atoms with Gasteiger partial charge in [-0.05, 0) is 107 Å². The Morgan fingerprint density at radius 2 is 0.783 bits per heavy atom. The number of hydrogen-bond donors (Lipinski definition) is 0. The van der Waals surface area contributed by atoms with Crippen LogP contribution in [0, 0.1) is 0 Å². The first kappa shape index (κ1) is 34.7. The van der Waals surface area contributed by atoms with E-state index in [9.17, 15) is 4.79 Å². The molecule has 0 atom stereocenters. The molecule has 0 aliphatic carbocycles. The van der Waals surface area contributed by atoms with Crippen molar-refractivity contribution >= 4 is 77.9 Å². The lowest BCUT2D eigenvalue weighted by atomic mass is 9.73. The van der Waals surface area contributed by atoms with Gasteiger partial charge < -0.3 is 18.8 Å². The van der Waals surface area contributed by atoms with Crippen LogP contribution in [-0.2, 0) is 10.8 Å². The molecule has 8 aromatic carbocycles. The maximum absolute atomic E-state index is 13.6. The first-order chi connectivity index (χ1) is 29.2. The second-order valence-electron chi connectivity index (χ2n) is 17.3. The Hall–Kier alpha value is -7.37. The monoisotopic (exact) mass is 775 g/mol. The summed E-state index contributed by atoms with van der Waals surface area (Å²) in [6.45, 7) is 9.30. The van der Waals surface area contributed by atoms with E-state index in [-0.39, 0.29) is 16.3 Å². The molecule has 0 spiro atoms. The zero-order valence-corrected chi connectivity index (χ0v) is 33.9. The minimum absolute atomic E-state index is 0.0227. The normalized spacial score (nSPS) is 14.9. The third kappa shape index (κ3) is 4.72. The maximum Gasteiger partial charge on any atom is 0.200 e. The van der Waals surface area contributed by atoms with Gasteiger partial charge in [0.05, 0.1) is 44.6 Å². The maximum atomic E-state index is 13.6. The van der Waals surface area contributed by atoms with Crippen LogP contribution in [0.1, 0.15) is 49.9 Å². The van der Waals surface area contributed by atoms with E-state index >= 15 is 0 Å². The second kappa shape index (κ2) is 12.3. The number of fused-ring (bicyclic) bond motifs is 9. The van der Waals surface area contributed by atoms with Crippen molar-refractivity contribution in [2.75, 3.05) is 9.80 Å². The molecule has 10 aromatic rings. The lowest BCUT2D eigenvalue weighted by Gasteiger charge is -2.42.